The molecule has 0 bridgehead atoms. The van der Waals surface area contributed by atoms with E-state index >= 15 is 0 Å². The molecule has 0 aromatic carbocycles. The van der Waals surface area contributed by atoms with Gasteiger partial charge in [0.05, 0.1) is 0 Å². The first-order chi connectivity index (χ1) is 16.8. The molecule has 0 aliphatic carbocycles. The SMILES string of the molecule is CCCCCCCCCCCCCCCCN(Cl)CCCCCCCCCCCCCCCC. The molecule has 0 spiro atoms. The van der Waals surface area contributed by atoms with E-state index in [1.807, 2.05) is 0 Å². The largest absolute Gasteiger partial charge is 0.220 e. The van der Waals surface area contributed by atoms with E-state index in [1.165, 1.54) is 180 Å². The number of unbranched alkanes of at least 4 members (excludes halogenated alkanes) is 26. The van der Waals surface area contributed by atoms with Gasteiger partial charge in [-0.3, -0.25) is 0 Å². The Labute approximate surface area is 222 Å². The Balaban J connectivity index is 3.13. The summed E-state index contributed by atoms with van der Waals surface area (Å²) >= 11 is 6.42. The fourth-order valence-corrected chi connectivity index (χ4v) is 5.31. The van der Waals surface area contributed by atoms with Crippen LogP contribution in [0.1, 0.15) is 194 Å². The zero-order chi connectivity index (χ0) is 24.8. The molecule has 0 atom stereocenters. The van der Waals surface area contributed by atoms with Gasteiger partial charge in [0.2, 0.25) is 0 Å². The van der Waals surface area contributed by atoms with Crippen LogP contribution in [0.15, 0.2) is 0 Å². The molecule has 0 radical (unpaired) electrons. The van der Waals surface area contributed by atoms with Crippen molar-refractivity contribution in [3.63, 3.8) is 0 Å². The topological polar surface area (TPSA) is 3.24 Å². The Kier molecular flexibility index (Phi) is 31.5. The minimum atomic E-state index is 1.08. The maximum Gasteiger partial charge on any atom is 0.0139 e. The molecule has 2 heteroatoms. The predicted octanol–water partition coefficient (Wildman–Crippen LogP) is 12.4. The van der Waals surface area contributed by atoms with E-state index in [4.69, 9.17) is 11.8 Å². The molecule has 0 aromatic heterocycles. The number of nitrogens with zero attached hydrogens (tertiary/aromatic N) is 1. The maximum absolute atomic E-state index is 6.42. The van der Waals surface area contributed by atoms with Gasteiger partial charge in [-0.1, -0.05) is 181 Å². The van der Waals surface area contributed by atoms with Gasteiger partial charge < -0.3 is 0 Å². The second kappa shape index (κ2) is 31.3. The molecule has 0 aliphatic heterocycles. The van der Waals surface area contributed by atoms with Gasteiger partial charge in [0.15, 0.2) is 0 Å². The maximum atomic E-state index is 6.42. The highest BCUT2D eigenvalue weighted by Gasteiger charge is 2.01. The minimum absolute atomic E-state index is 1.08. The molecule has 0 aliphatic rings. The van der Waals surface area contributed by atoms with E-state index in [0.29, 0.717) is 0 Å². The quantitative estimate of drug-likeness (QED) is 0.0700. The van der Waals surface area contributed by atoms with E-state index in [0.717, 1.165) is 13.1 Å². The lowest BCUT2D eigenvalue weighted by Crippen LogP contribution is -2.15. The standard InChI is InChI=1S/C32H66ClN/c1-3-5-7-9-11-13-15-17-19-21-23-25-27-29-31-34(33)32-30-28-26-24-22-20-18-16-14-12-10-8-6-4-2/h3-32H2,1-2H3. The van der Waals surface area contributed by atoms with Crippen LogP contribution >= 0.6 is 11.8 Å². The molecular weight excluding hydrogens is 434 g/mol. The molecule has 1 nitrogen and oxygen atoms in total. The van der Waals surface area contributed by atoms with Crippen molar-refractivity contribution >= 4 is 11.8 Å². The Morgan fingerprint density at radius 3 is 0.676 bits per heavy atom. The first-order valence-electron chi connectivity index (χ1n) is 16.2. The van der Waals surface area contributed by atoms with E-state index in [2.05, 4.69) is 18.3 Å². The van der Waals surface area contributed by atoms with Crippen molar-refractivity contribution in [3.8, 4) is 0 Å². The molecule has 0 fully saturated rings. The Morgan fingerprint density at radius 2 is 0.471 bits per heavy atom. The molecule has 34 heavy (non-hydrogen) atoms. The van der Waals surface area contributed by atoms with E-state index in [-0.39, 0.29) is 0 Å². The number of hydrogen-bond acceptors (Lipinski definition) is 1. The summed E-state index contributed by atoms with van der Waals surface area (Å²) in [5, 5.41) is 0. The Morgan fingerprint density at radius 1 is 0.294 bits per heavy atom. The molecule has 0 unspecified atom stereocenters. The van der Waals surface area contributed by atoms with Crippen molar-refractivity contribution in [3.05, 3.63) is 0 Å². The summed E-state index contributed by atoms with van der Waals surface area (Å²) in [6.07, 6.45) is 39.9. The lowest BCUT2D eigenvalue weighted by atomic mass is 10.0. The average molecular weight is 500 g/mol. The average Bonchev–Trinajstić information content (AvgIpc) is 2.84. The van der Waals surface area contributed by atoms with Gasteiger partial charge in [-0.25, -0.2) is 4.42 Å². The number of rotatable bonds is 30. The molecule has 0 heterocycles. The Hall–Kier alpha value is 0.250. The van der Waals surface area contributed by atoms with Crippen LogP contribution in [-0.2, 0) is 0 Å². The van der Waals surface area contributed by atoms with Gasteiger partial charge >= 0.3 is 0 Å². The zero-order valence-electron chi connectivity index (χ0n) is 24.0. The normalized spacial score (nSPS) is 11.6. The molecule has 0 N–H and O–H groups in total. The van der Waals surface area contributed by atoms with Gasteiger partial charge in [0.1, 0.15) is 0 Å². The molecule has 0 amide bonds. The van der Waals surface area contributed by atoms with Crippen molar-refractivity contribution < 1.29 is 0 Å². The van der Waals surface area contributed by atoms with Crippen LogP contribution in [0, 0.1) is 0 Å². The van der Waals surface area contributed by atoms with Crippen molar-refractivity contribution in [2.45, 2.75) is 194 Å². The molecular formula is C32H66ClN. The van der Waals surface area contributed by atoms with Crippen LogP contribution in [0.3, 0.4) is 0 Å². The minimum Gasteiger partial charge on any atom is -0.220 e. The first-order valence-corrected chi connectivity index (χ1v) is 16.6. The highest BCUT2D eigenvalue weighted by atomic mass is 35.5. The fourth-order valence-electron chi connectivity index (χ4n) is 5.07. The van der Waals surface area contributed by atoms with Crippen LogP contribution in [0.4, 0.5) is 0 Å². The third-order valence-corrected chi connectivity index (χ3v) is 7.85. The highest BCUT2D eigenvalue weighted by molar-refractivity contribution is 6.13. The first kappa shape index (κ1) is 34.2. The predicted molar refractivity (Wildman–Crippen MR) is 158 cm³/mol. The summed E-state index contributed by atoms with van der Waals surface area (Å²) in [4.78, 5) is 0. The van der Waals surface area contributed by atoms with Crippen LogP contribution in [0.25, 0.3) is 0 Å². The second-order valence-electron chi connectivity index (χ2n) is 11.1. The summed E-state index contributed by atoms with van der Waals surface area (Å²) in [5.74, 6) is 0. The second-order valence-corrected chi connectivity index (χ2v) is 11.6. The van der Waals surface area contributed by atoms with Crippen molar-refractivity contribution in [1.29, 1.82) is 0 Å². The van der Waals surface area contributed by atoms with Gasteiger partial charge in [0.25, 0.3) is 0 Å². The van der Waals surface area contributed by atoms with Gasteiger partial charge in [0, 0.05) is 13.1 Å². The zero-order valence-corrected chi connectivity index (χ0v) is 24.8. The molecule has 0 saturated heterocycles. The van der Waals surface area contributed by atoms with Gasteiger partial charge in [-0.2, -0.15) is 0 Å². The van der Waals surface area contributed by atoms with E-state index in [9.17, 15) is 0 Å². The van der Waals surface area contributed by atoms with Crippen molar-refractivity contribution in [2.24, 2.45) is 0 Å². The summed E-state index contributed by atoms with van der Waals surface area (Å²) in [6.45, 7) is 6.76. The molecule has 0 aromatic rings. The van der Waals surface area contributed by atoms with Crippen LogP contribution in [-0.4, -0.2) is 17.5 Å². The molecule has 0 saturated carbocycles. The lowest BCUT2D eigenvalue weighted by molar-refractivity contribution is 0.411. The van der Waals surface area contributed by atoms with Crippen LogP contribution in [0.2, 0.25) is 0 Å². The smallest absolute Gasteiger partial charge is 0.0139 e. The highest BCUT2D eigenvalue weighted by Crippen LogP contribution is 2.15. The summed E-state index contributed by atoms with van der Waals surface area (Å²) in [7, 11) is 0. The van der Waals surface area contributed by atoms with E-state index in [1.54, 1.807) is 0 Å². The van der Waals surface area contributed by atoms with E-state index < -0.39 is 0 Å². The monoisotopic (exact) mass is 499 g/mol. The van der Waals surface area contributed by atoms with Gasteiger partial charge in [-0.15, -0.1) is 0 Å². The van der Waals surface area contributed by atoms with Crippen LogP contribution < -0.4 is 0 Å². The number of hydrogen-bond donors (Lipinski definition) is 0. The lowest BCUT2D eigenvalue weighted by Gasteiger charge is -2.13. The summed E-state index contributed by atoms with van der Waals surface area (Å²) in [6, 6.07) is 0. The molecule has 206 valence electrons. The third kappa shape index (κ3) is 30.3. The Bertz CT molecular complexity index is 314. The fraction of sp³-hybridized carbons (Fsp3) is 1.00. The molecule has 0 rings (SSSR count). The summed E-state index contributed by atoms with van der Waals surface area (Å²) < 4.78 is 2.06. The van der Waals surface area contributed by atoms with Crippen LogP contribution in [0.5, 0.6) is 0 Å². The van der Waals surface area contributed by atoms with Crippen molar-refractivity contribution in [1.82, 2.24) is 4.42 Å². The van der Waals surface area contributed by atoms with Crippen molar-refractivity contribution in [2.75, 3.05) is 13.1 Å². The van der Waals surface area contributed by atoms with Gasteiger partial charge in [-0.05, 0) is 24.6 Å². The third-order valence-electron chi connectivity index (χ3n) is 7.51. The number of halogens is 1. The summed E-state index contributed by atoms with van der Waals surface area (Å²) in [5.41, 5.74) is 0.